The van der Waals surface area contributed by atoms with Gasteiger partial charge in [-0.05, 0) is 80.8 Å². The van der Waals surface area contributed by atoms with Crippen LogP contribution in [-0.2, 0) is 32.6 Å². The number of hydrogen-bond acceptors (Lipinski definition) is 5. The molecule has 2 atom stereocenters. The first-order valence-electron chi connectivity index (χ1n) is 15.7. The van der Waals surface area contributed by atoms with Gasteiger partial charge in [-0.1, -0.05) is 84.8 Å². The van der Waals surface area contributed by atoms with E-state index in [0.717, 1.165) is 15.4 Å². The molecular weight excluding hydrogens is 634 g/mol. The normalized spacial score (nSPS) is 12.5. The maximum atomic E-state index is 14.6. The topological polar surface area (TPSA) is 96.0 Å². The van der Waals surface area contributed by atoms with Gasteiger partial charge in [0.15, 0.2) is 0 Å². The molecule has 0 aromatic heterocycles. The van der Waals surface area contributed by atoms with Crippen molar-refractivity contribution in [2.75, 3.05) is 17.5 Å². The number of benzene rings is 4. The molecule has 0 aliphatic carbocycles. The highest BCUT2D eigenvalue weighted by atomic mass is 35.5. The zero-order chi connectivity index (χ0) is 34.0. The predicted molar refractivity (Wildman–Crippen MR) is 187 cm³/mol. The van der Waals surface area contributed by atoms with Crippen LogP contribution in [0.5, 0.6) is 5.75 Å². The predicted octanol–water partition coefficient (Wildman–Crippen LogP) is 6.80. The van der Waals surface area contributed by atoms with Gasteiger partial charge >= 0.3 is 0 Å². The van der Waals surface area contributed by atoms with Crippen LogP contribution in [0.25, 0.3) is 0 Å². The summed E-state index contributed by atoms with van der Waals surface area (Å²) in [6.07, 6.45) is 0.912. The largest absolute Gasteiger partial charge is 0.494 e. The minimum atomic E-state index is -4.22. The van der Waals surface area contributed by atoms with E-state index in [9.17, 15) is 18.0 Å². The summed E-state index contributed by atoms with van der Waals surface area (Å²) >= 11 is 6.58. The molecule has 248 valence electrons. The lowest BCUT2D eigenvalue weighted by atomic mass is 10.0. The van der Waals surface area contributed by atoms with Crippen molar-refractivity contribution in [1.29, 1.82) is 0 Å². The van der Waals surface area contributed by atoms with Gasteiger partial charge in [0.25, 0.3) is 10.0 Å². The first-order chi connectivity index (χ1) is 22.5. The van der Waals surface area contributed by atoms with Gasteiger partial charge in [-0.25, -0.2) is 8.42 Å². The number of carbonyl (C=O) groups excluding carboxylic acids is 2. The van der Waals surface area contributed by atoms with E-state index in [1.165, 1.54) is 17.0 Å². The number of anilines is 1. The number of rotatable bonds is 15. The Bertz CT molecular complexity index is 1730. The molecule has 0 fully saturated rings. The SMILES string of the molecule is CCOc1ccc(N(CC(=O)N(Cc2ccccc2Cl)[C@@H](Cc2ccccc2)C(=O)N[C@@H](C)CC)S(=O)(=O)c2ccc(C)cc2)cc1. The summed E-state index contributed by atoms with van der Waals surface area (Å²) in [6, 6.07) is 28.5. The van der Waals surface area contributed by atoms with Crippen molar-refractivity contribution < 1.29 is 22.7 Å². The Balaban J connectivity index is 1.81. The lowest BCUT2D eigenvalue weighted by molar-refractivity contribution is -0.140. The van der Waals surface area contributed by atoms with Crippen molar-refractivity contribution >= 4 is 39.1 Å². The van der Waals surface area contributed by atoms with Crippen LogP contribution in [0.15, 0.2) is 108 Å². The third-order valence-corrected chi connectivity index (χ3v) is 10.1. The van der Waals surface area contributed by atoms with E-state index in [1.54, 1.807) is 54.6 Å². The molecule has 0 saturated heterocycles. The summed E-state index contributed by atoms with van der Waals surface area (Å²) in [5.41, 5.74) is 2.66. The Labute approximate surface area is 283 Å². The van der Waals surface area contributed by atoms with Crippen LogP contribution < -0.4 is 14.4 Å². The van der Waals surface area contributed by atoms with Crippen molar-refractivity contribution in [3.05, 3.63) is 125 Å². The molecule has 2 amide bonds. The van der Waals surface area contributed by atoms with E-state index in [2.05, 4.69) is 5.32 Å². The zero-order valence-corrected chi connectivity index (χ0v) is 28.8. The Morgan fingerprint density at radius 2 is 1.51 bits per heavy atom. The first-order valence-corrected chi connectivity index (χ1v) is 17.5. The summed E-state index contributed by atoms with van der Waals surface area (Å²) < 4.78 is 35.1. The van der Waals surface area contributed by atoms with Crippen LogP contribution in [-0.4, -0.2) is 50.4 Å². The van der Waals surface area contributed by atoms with Crippen molar-refractivity contribution in [3.63, 3.8) is 0 Å². The zero-order valence-electron chi connectivity index (χ0n) is 27.2. The van der Waals surface area contributed by atoms with E-state index in [4.69, 9.17) is 16.3 Å². The standard InChI is InChI=1S/C37H42ClN3O5S/c1-5-28(4)39-37(43)35(24-29-12-8-7-9-13-29)40(25-30-14-10-11-15-34(30)38)36(42)26-41(31-18-20-32(21-19-31)46-6-2)47(44,45)33-22-16-27(3)17-23-33/h7-23,28,35H,5-6,24-26H2,1-4H3,(H,39,43)/t28-,35-/m0/s1. The molecule has 4 aromatic carbocycles. The van der Waals surface area contributed by atoms with Crippen molar-refractivity contribution in [2.45, 2.75) is 64.1 Å². The molecule has 0 spiro atoms. The maximum absolute atomic E-state index is 14.6. The minimum absolute atomic E-state index is 0.00830. The average Bonchev–Trinajstić information content (AvgIpc) is 3.07. The highest BCUT2D eigenvalue weighted by Gasteiger charge is 2.35. The highest BCUT2D eigenvalue weighted by molar-refractivity contribution is 7.92. The van der Waals surface area contributed by atoms with Crippen LogP contribution in [0.4, 0.5) is 5.69 Å². The number of amides is 2. The molecular formula is C37H42ClN3O5S. The van der Waals surface area contributed by atoms with Gasteiger partial charge in [-0.3, -0.25) is 13.9 Å². The van der Waals surface area contributed by atoms with E-state index in [-0.39, 0.29) is 35.5 Å². The summed E-state index contributed by atoms with van der Waals surface area (Å²) in [4.78, 5) is 30.0. The van der Waals surface area contributed by atoms with Gasteiger partial charge in [0.2, 0.25) is 11.8 Å². The molecule has 0 radical (unpaired) electrons. The molecule has 8 nitrogen and oxygen atoms in total. The van der Waals surface area contributed by atoms with Gasteiger partial charge in [-0.15, -0.1) is 0 Å². The summed E-state index contributed by atoms with van der Waals surface area (Å²) in [6.45, 7) is 7.48. The van der Waals surface area contributed by atoms with Gasteiger partial charge in [0.1, 0.15) is 18.3 Å². The monoisotopic (exact) mass is 675 g/mol. The van der Waals surface area contributed by atoms with Crippen LogP contribution in [0.3, 0.4) is 0 Å². The third-order valence-electron chi connectivity index (χ3n) is 7.89. The van der Waals surface area contributed by atoms with Crippen LogP contribution in [0.1, 0.15) is 43.9 Å². The maximum Gasteiger partial charge on any atom is 0.264 e. The Morgan fingerprint density at radius 1 is 0.872 bits per heavy atom. The molecule has 4 rings (SSSR count). The minimum Gasteiger partial charge on any atom is -0.494 e. The summed E-state index contributed by atoms with van der Waals surface area (Å²) in [5, 5.41) is 3.47. The van der Waals surface area contributed by atoms with Crippen LogP contribution in [0, 0.1) is 6.92 Å². The van der Waals surface area contributed by atoms with Gasteiger partial charge < -0.3 is 15.0 Å². The third kappa shape index (κ3) is 9.36. The highest BCUT2D eigenvalue weighted by Crippen LogP contribution is 2.28. The number of sulfonamides is 1. The molecule has 0 aliphatic heterocycles. The molecule has 4 aromatic rings. The molecule has 0 unspecified atom stereocenters. The Hall–Kier alpha value is -4.34. The number of hydrogen-bond donors (Lipinski definition) is 1. The molecule has 1 N–H and O–H groups in total. The smallest absolute Gasteiger partial charge is 0.264 e. The fourth-order valence-electron chi connectivity index (χ4n) is 5.05. The number of aryl methyl sites for hydroxylation is 1. The van der Waals surface area contributed by atoms with E-state index in [0.29, 0.717) is 29.4 Å². The van der Waals surface area contributed by atoms with Crippen molar-refractivity contribution in [2.24, 2.45) is 0 Å². The fourth-order valence-corrected chi connectivity index (χ4v) is 6.66. The summed E-state index contributed by atoms with van der Waals surface area (Å²) in [7, 11) is -4.22. The molecule has 47 heavy (non-hydrogen) atoms. The van der Waals surface area contributed by atoms with Crippen molar-refractivity contribution in [3.8, 4) is 5.75 Å². The second-order valence-electron chi connectivity index (χ2n) is 11.4. The second-order valence-corrected chi connectivity index (χ2v) is 13.7. The van der Waals surface area contributed by atoms with Gasteiger partial charge in [0, 0.05) is 24.0 Å². The van der Waals surface area contributed by atoms with E-state index >= 15 is 0 Å². The first kappa shape index (κ1) is 35.5. The van der Waals surface area contributed by atoms with Crippen LogP contribution >= 0.6 is 11.6 Å². The Kier molecular flexibility index (Phi) is 12.4. The average molecular weight is 676 g/mol. The number of halogens is 1. The quantitative estimate of drug-likeness (QED) is 0.150. The molecule has 0 aliphatic rings. The van der Waals surface area contributed by atoms with E-state index in [1.807, 2.05) is 64.1 Å². The second kappa shape index (κ2) is 16.5. The molecule has 0 bridgehead atoms. The lowest BCUT2D eigenvalue weighted by Crippen LogP contribution is -2.54. The lowest BCUT2D eigenvalue weighted by Gasteiger charge is -2.34. The van der Waals surface area contributed by atoms with Crippen LogP contribution in [0.2, 0.25) is 5.02 Å². The molecule has 0 saturated carbocycles. The molecule has 0 heterocycles. The van der Waals surface area contributed by atoms with E-state index < -0.39 is 28.5 Å². The number of nitrogens with one attached hydrogen (secondary N) is 1. The molecule has 10 heteroatoms. The number of ether oxygens (including phenoxy) is 1. The summed E-state index contributed by atoms with van der Waals surface area (Å²) in [5.74, 6) is -0.326. The van der Waals surface area contributed by atoms with Crippen molar-refractivity contribution in [1.82, 2.24) is 10.2 Å². The van der Waals surface area contributed by atoms with Gasteiger partial charge in [-0.2, -0.15) is 0 Å². The van der Waals surface area contributed by atoms with Gasteiger partial charge in [0.05, 0.1) is 17.2 Å². The number of nitrogens with zero attached hydrogens (tertiary/aromatic N) is 2. The Morgan fingerprint density at radius 3 is 2.13 bits per heavy atom. The number of carbonyl (C=O) groups is 2. The fraction of sp³-hybridized carbons (Fsp3) is 0.297.